The van der Waals surface area contributed by atoms with Crippen molar-refractivity contribution in [2.24, 2.45) is 5.92 Å². The number of aromatic nitrogens is 2. The molecule has 1 aromatic heterocycles. The van der Waals surface area contributed by atoms with Crippen molar-refractivity contribution in [2.75, 3.05) is 25.1 Å². The highest BCUT2D eigenvalue weighted by molar-refractivity contribution is 5.79. The Labute approximate surface area is 161 Å². The number of nitrogens with zero attached hydrogens (tertiary/aromatic N) is 3. The Kier molecular flexibility index (Phi) is 6.63. The molecular formula is C21H28N4O2. The first-order valence-corrected chi connectivity index (χ1v) is 9.61. The van der Waals surface area contributed by atoms with Gasteiger partial charge in [-0.05, 0) is 56.4 Å². The second-order valence-corrected chi connectivity index (χ2v) is 7.11. The van der Waals surface area contributed by atoms with Crippen LogP contribution in [0, 0.1) is 5.92 Å². The molecule has 2 heterocycles. The van der Waals surface area contributed by atoms with Crippen LogP contribution in [0.5, 0.6) is 5.75 Å². The molecule has 0 spiro atoms. The lowest BCUT2D eigenvalue weighted by atomic mass is 9.95. The molecule has 1 atom stereocenters. The molecule has 27 heavy (non-hydrogen) atoms. The lowest BCUT2D eigenvalue weighted by Gasteiger charge is -2.31. The van der Waals surface area contributed by atoms with Gasteiger partial charge in [-0.3, -0.25) is 4.79 Å². The van der Waals surface area contributed by atoms with Gasteiger partial charge in [-0.1, -0.05) is 12.1 Å². The smallest absolute Gasteiger partial charge is 0.225 e. The summed E-state index contributed by atoms with van der Waals surface area (Å²) in [5.41, 5.74) is 1.26. The highest BCUT2D eigenvalue weighted by atomic mass is 16.5. The van der Waals surface area contributed by atoms with Crippen LogP contribution in [-0.2, 0) is 11.2 Å². The third-order valence-electron chi connectivity index (χ3n) is 5.11. The minimum absolute atomic E-state index is 0.0772. The fraction of sp³-hybridized carbons (Fsp3) is 0.476. The molecule has 0 bridgehead atoms. The molecule has 2 aromatic rings. The molecule has 1 aromatic carbocycles. The summed E-state index contributed by atoms with van der Waals surface area (Å²) in [7, 11) is 1.67. The number of nitrogens with one attached hydrogen (secondary N) is 1. The van der Waals surface area contributed by atoms with Crippen LogP contribution in [0.15, 0.2) is 42.7 Å². The summed E-state index contributed by atoms with van der Waals surface area (Å²) in [6.07, 6.45) is 7.06. The summed E-state index contributed by atoms with van der Waals surface area (Å²) >= 11 is 0. The second kappa shape index (κ2) is 9.35. The molecule has 0 aliphatic carbocycles. The summed E-state index contributed by atoms with van der Waals surface area (Å²) in [5.74, 6) is 1.87. The number of hydrogen-bond acceptors (Lipinski definition) is 5. The molecule has 144 valence electrons. The molecule has 3 rings (SSSR count). The summed E-state index contributed by atoms with van der Waals surface area (Å²) < 4.78 is 5.18. The minimum Gasteiger partial charge on any atom is -0.497 e. The Morgan fingerprint density at radius 1 is 1.22 bits per heavy atom. The first-order valence-electron chi connectivity index (χ1n) is 9.61. The summed E-state index contributed by atoms with van der Waals surface area (Å²) in [6.45, 7) is 3.72. The SMILES string of the molecule is COc1ccc(CC[C@H](C)NC(=O)C2CCN(c3ncccn3)CC2)cc1. The van der Waals surface area contributed by atoms with Crippen LogP contribution >= 0.6 is 0 Å². The molecule has 1 aliphatic rings. The zero-order chi connectivity index (χ0) is 19.1. The van der Waals surface area contributed by atoms with Gasteiger partial charge < -0.3 is 15.0 Å². The van der Waals surface area contributed by atoms with Crippen LogP contribution in [0.3, 0.4) is 0 Å². The van der Waals surface area contributed by atoms with Crippen LogP contribution in [0.25, 0.3) is 0 Å². The molecule has 6 nitrogen and oxygen atoms in total. The molecule has 0 unspecified atom stereocenters. The first-order chi connectivity index (χ1) is 13.2. The maximum atomic E-state index is 12.6. The van der Waals surface area contributed by atoms with Gasteiger partial charge in [-0.25, -0.2) is 9.97 Å². The molecule has 0 radical (unpaired) electrons. The fourth-order valence-corrected chi connectivity index (χ4v) is 3.40. The number of rotatable bonds is 7. The predicted octanol–water partition coefficient (Wildman–Crippen LogP) is 2.84. The Bertz CT molecular complexity index is 713. The summed E-state index contributed by atoms with van der Waals surface area (Å²) in [6, 6.07) is 10.1. The number of ether oxygens (including phenoxy) is 1. The molecule has 0 saturated carbocycles. The van der Waals surface area contributed by atoms with Gasteiger partial charge in [-0.2, -0.15) is 0 Å². The van der Waals surface area contributed by atoms with Gasteiger partial charge >= 0.3 is 0 Å². The number of aryl methyl sites for hydroxylation is 1. The van der Waals surface area contributed by atoms with E-state index >= 15 is 0 Å². The maximum absolute atomic E-state index is 12.6. The van der Waals surface area contributed by atoms with Crippen molar-refractivity contribution in [3.63, 3.8) is 0 Å². The highest BCUT2D eigenvalue weighted by Crippen LogP contribution is 2.21. The van der Waals surface area contributed by atoms with Crippen LogP contribution in [0.4, 0.5) is 5.95 Å². The van der Waals surface area contributed by atoms with Crippen molar-refractivity contribution in [3.05, 3.63) is 48.3 Å². The predicted molar refractivity (Wildman–Crippen MR) is 106 cm³/mol. The number of carbonyl (C=O) groups excluding carboxylic acids is 1. The molecule has 1 N–H and O–H groups in total. The van der Waals surface area contributed by atoms with Crippen LogP contribution in [0.1, 0.15) is 31.7 Å². The minimum atomic E-state index is 0.0772. The van der Waals surface area contributed by atoms with Gasteiger partial charge in [0.05, 0.1) is 7.11 Å². The van der Waals surface area contributed by atoms with Crippen LogP contribution in [-0.4, -0.2) is 42.1 Å². The highest BCUT2D eigenvalue weighted by Gasteiger charge is 2.26. The van der Waals surface area contributed by atoms with E-state index in [1.165, 1.54) is 5.56 Å². The normalized spacial score (nSPS) is 16.0. The maximum Gasteiger partial charge on any atom is 0.225 e. The Hall–Kier alpha value is -2.63. The Morgan fingerprint density at radius 3 is 2.52 bits per heavy atom. The largest absolute Gasteiger partial charge is 0.497 e. The van der Waals surface area contributed by atoms with Crippen molar-refractivity contribution in [1.29, 1.82) is 0 Å². The van der Waals surface area contributed by atoms with E-state index in [9.17, 15) is 4.79 Å². The molecule has 1 saturated heterocycles. The number of benzene rings is 1. The summed E-state index contributed by atoms with van der Waals surface area (Å²) in [5, 5.41) is 3.18. The van der Waals surface area contributed by atoms with E-state index in [0.717, 1.165) is 50.5 Å². The quantitative estimate of drug-likeness (QED) is 0.814. The third-order valence-corrected chi connectivity index (χ3v) is 5.11. The third kappa shape index (κ3) is 5.42. The van der Waals surface area contributed by atoms with Gasteiger partial charge in [0.15, 0.2) is 0 Å². The second-order valence-electron chi connectivity index (χ2n) is 7.11. The van der Waals surface area contributed by atoms with Crippen molar-refractivity contribution >= 4 is 11.9 Å². The number of hydrogen-bond donors (Lipinski definition) is 1. The van der Waals surface area contributed by atoms with Gasteiger partial charge in [0.25, 0.3) is 0 Å². The molecule has 6 heteroatoms. The van der Waals surface area contributed by atoms with Gasteiger partial charge in [0, 0.05) is 37.4 Å². The van der Waals surface area contributed by atoms with Crippen molar-refractivity contribution in [2.45, 2.75) is 38.6 Å². The lowest BCUT2D eigenvalue weighted by Crippen LogP contribution is -2.43. The molecule has 1 amide bonds. The molecule has 1 fully saturated rings. The fourth-order valence-electron chi connectivity index (χ4n) is 3.40. The standard InChI is InChI=1S/C21H28N4O2/c1-16(4-5-17-6-8-19(27-2)9-7-17)24-20(26)18-10-14-25(15-11-18)21-22-12-3-13-23-21/h3,6-9,12-13,16,18H,4-5,10-11,14-15H2,1-2H3,(H,24,26)/t16-/m0/s1. The van der Waals surface area contributed by atoms with E-state index in [1.807, 2.05) is 18.2 Å². The van der Waals surface area contributed by atoms with Crippen molar-refractivity contribution in [1.82, 2.24) is 15.3 Å². The van der Waals surface area contributed by atoms with Gasteiger partial charge in [-0.15, -0.1) is 0 Å². The molecule has 1 aliphatic heterocycles. The number of amides is 1. The number of piperidine rings is 1. The Balaban J connectivity index is 1.40. The van der Waals surface area contributed by atoms with Crippen molar-refractivity contribution < 1.29 is 9.53 Å². The van der Waals surface area contributed by atoms with E-state index in [4.69, 9.17) is 4.74 Å². The summed E-state index contributed by atoms with van der Waals surface area (Å²) in [4.78, 5) is 23.3. The Morgan fingerprint density at radius 2 is 1.89 bits per heavy atom. The van der Waals surface area contributed by atoms with E-state index in [0.29, 0.717) is 0 Å². The van der Waals surface area contributed by atoms with Crippen LogP contribution < -0.4 is 15.0 Å². The first kappa shape index (κ1) is 19.1. The zero-order valence-corrected chi connectivity index (χ0v) is 16.1. The average Bonchev–Trinajstić information content (AvgIpc) is 2.73. The van der Waals surface area contributed by atoms with E-state index < -0.39 is 0 Å². The van der Waals surface area contributed by atoms with Gasteiger partial charge in [0.1, 0.15) is 5.75 Å². The van der Waals surface area contributed by atoms with E-state index in [2.05, 4.69) is 39.2 Å². The van der Waals surface area contributed by atoms with Crippen molar-refractivity contribution in [3.8, 4) is 5.75 Å². The van der Waals surface area contributed by atoms with Gasteiger partial charge in [0.2, 0.25) is 11.9 Å². The zero-order valence-electron chi connectivity index (χ0n) is 16.1. The average molecular weight is 368 g/mol. The molecular weight excluding hydrogens is 340 g/mol. The number of carbonyl (C=O) groups is 1. The van der Waals surface area contributed by atoms with E-state index in [-0.39, 0.29) is 17.9 Å². The monoisotopic (exact) mass is 368 g/mol. The van der Waals surface area contributed by atoms with Crippen LogP contribution in [0.2, 0.25) is 0 Å². The number of methoxy groups -OCH3 is 1. The lowest BCUT2D eigenvalue weighted by molar-refractivity contribution is -0.126. The topological polar surface area (TPSA) is 67.3 Å². The number of anilines is 1. The van der Waals surface area contributed by atoms with E-state index in [1.54, 1.807) is 19.5 Å².